The smallest absolute Gasteiger partial charge is 0.0404 e. The van der Waals surface area contributed by atoms with Crippen LogP contribution in [0.15, 0.2) is 24.4 Å². The van der Waals surface area contributed by atoms with Gasteiger partial charge in [0.25, 0.3) is 0 Å². The van der Waals surface area contributed by atoms with Gasteiger partial charge in [-0.3, -0.25) is 4.98 Å². The van der Waals surface area contributed by atoms with Crippen molar-refractivity contribution in [2.24, 2.45) is 0 Å². The van der Waals surface area contributed by atoms with Gasteiger partial charge >= 0.3 is 0 Å². The number of aromatic nitrogens is 1. The number of hydrogen-bond acceptors (Lipinski definition) is 2. The van der Waals surface area contributed by atoms with Crippen molar-refractivity contribution in [1.29, 1.82) is 0 Å². The molecule has 1 aromatic heterocycles. The van der Waals surface area contributed by atoms with Crippen molar-refractivity contribution < 1.29 is 0 Å². The number of hydrogen-bond donors (Lipinski definition) is 1. The SMILES string of the molecule is CNCCCc1ccccn1. The second-order valence-corrected chi connectivity index (χ2v) is 2.53. The minimum atomic E-state index is 1.07. The van der Waals surface area contributed by atoms with Crippen LogP contribution < -0.4 is 5.32 Å². The molecule has 0 saturated heterocycles. The first-order valence-electron chi connectivity index (χ1n) is 3.98. The zero-order chi connectivity index (χ0) is 7.94. The van der Waals surface area contributed by atoms with Gasteiger partial charge in [-0.05, 0) is 38.6 Å². The van der Waals surface area contributed by atoms with Crippen LogP contribution in [-0.2, 0) is 6.42 Å². The minimum absolute atomic E-state index is 1.07. The zero-order valence-corrected chi connectivity index (χ0v) is 6.88. The highest BCUT2D eigenvalue weighted by Crippen LogP contribution is 1.96. The van der Waals surface area contributed by atoms with Crippen molar-refractivity contribution in [1.82, 2.24) is 10.3 Å². The lowest BCUT2D eigenvalue weighted by molar-refractivity contribution is 0.715. The van der Waals surface area contributed by atoms with E-state index >= 15 is 0 Å². The third-order valence-corrected chi connectivity index (χ3v) is 1.59. The lowest BCUT2D eigenvalue weighted by atomic mass is 10.2. The van der Waals surface area contributed by atoms with Gasteiger partial charge in [0.2, 0.25) is 0 Å². The third-order valence-electron chi connectivity index (χ3n) is 1.59. The van der Waals surface area contributed by atoms with Crippen LogP contribution in [0.1, 0.15) is 12.1 Å². The lowest BCUT2D eigenvalue weighted by Crippen LogP contribution is -2.08. The normalized spacial score (nSPS) is 9.91. The van der Waals surface area contributed by atoms with E-state index in [0.29, 0.717) is 0 Å². The number of nitrogens with one attached hydrogen (secondary N) is 1. The van der Waals surface area contributed by atoms with Gasteiger partial charge in [-0.1, -0.05) is 6.07 Å². The van der Waals surface area contributed by atoms with E-state index in [1.54, 1.807) is 0 Å². The molecule has 0 aliphatic carbocycles. The second-order valence-electron chi connectivity index (χ2n) is 2.53. The van der Waals surface area contributed by atoms with E-state index in [0.717, 1.165) is 19.4 Å². The van der Waals surface area contributed by atoms with Crippen molar-refractivity contribution in [3.63, 3.8) is 0 Å². The fraction of sp³-hybridized carbons (Fsp3) is 0.444. The van der Waals surface area contributed by atoms with E-state index in [2.05, 4.69) is 16.4 Å². The summed E-state index contributed by atoms with van der Waals surface area (Å²) in [5.74, 6) is 0. The molecule has 0 aliphatic heterocycles. The van der Waals surface area contributed by atoms with Gasteiger partial charge in [0.05, 0.1) is 0 Å². The van der Waals surface area contributed by atoms with E-state index in [4.69, 9.17) is 0 Å². The first kappa shape index (κ1) is 8.21. The Hall–Kier alpha value is -0.890. The van der Waals surface area contributed by atoms with Crippen molar-refractivity contribution >= 4 is 0 Å². The summed E-state index contributed by atoms with van der Waals surface area (Å²) < 4.78 is 0. The summed E-state index contributed by atoms with van der Waals surface area (Å²) in [6.07, 6.45) is 4.07. The van der Waals surface area contributed by atoms with Gasteiger partial charge in [-0.2, -0.15) is 0 Å². The Morgan fingerprint density at radius 3 is 3.00 bits per heavy atom. The first-order chi connectivity index (χ1) is 5.43. The molecule has 0 fully saturated rings. The molecule has 2 heteroatoms. The molecule has 0 saturated carbocycles. The molecule has 1 heterocycles. The van der Waals surface area contributed by atoms with E-state index in [1.165, 1.54) is 5.69 Å². The molecule has 0 radical (unpaired) electrons. The molecule has 0 bridgehead atoms. The minimum Gasteiger partial charge on any atom is -0.320 e. The Labute approximate surface area is 67.7 Å². The van der Waals surface area contributed by atoms with Crippen LogP contribution in [0.5, 0.6) is 0 Å². The molecular formula is C9H14N2. The van der Waals surface area contributed by atoms with E-state index in [9.17, 15) is 0 Å². The Kier molecular flexibility index (Phi) is 3.62. The Morgan fingerprint density at radius 1 is 1.45 bits per heavy atom. The average Bonchev–Trinajstić information content (AvgIpc) is 2.07. The fourth-order valence-electron chi connectivity index (χ4n) is 0.992. The van der Waals surface area contributed by atoms with Gasteiger partial charge < -0.3 is 5.32 Å². The molecule has 0 unspecified atom stereocenters. The predicted octanol–water partition coefficient (Wildman–Crippen LogP) is 1.23. The molecule has 1 N–H and O–H groups in total. The topological polar surface area (TPSA) is 24.9 Å². The summed E-state index contributed by atoms with van der Waals surface area (Å²) in [7, 11) is 1.97. The average molecular weight is 150 g/mol. The number of rotatable bonds is 4. The summed E-state index contributed by atoms with van der Waals surface area (Å²) in [5.41, 5.74) is 1.18. The first-order valence-corrected chi connectivity index (χ1v) is 3.98. The molecular weight excluding hydrogens is 136 g/mol. The molecule has 2 nitrogen and oxygen atoms in total. The second kappa shape index (κ2) is 4.85. The van der Waals surface area contributed by atoms with Crippen LogP contribution in [0.3, 0.4) is 0 Å². The number of pyridine rings is 1. The maximum atomic E-state index is 4.22. The summed E-state index contributed by atoms with van der Waals surface area (Å²) in [6, 6.07) is 6.04. The Bertz CT molecular complexity index is 184. The molecule has 0 atom stereocenters. The molecule has 60 valence electrons. The third kappa shape index (κ3) is 3.14. The van der Waals surface area contributed by atoms with Crippen LogP contribution in [0.2, 0.25) is 0 Å². The van der Waals surface area contributed by atoms with Gasteiger partial charge in [0.15, 0.2) is 0 Å². The molecule has 0 spiro atoms. The van der Waals surface area contributed by atoms with Crippen LogP contribution in [0.4, 0.5) is 0 Å². The van der Waals surface area contributed by atoms with Crippen molar-refractivity contribution in [3.8, 4) is 0 Å². The number of nitrogens with zero attached hydrogens (tertiary/aromatic N) is 1. The van der Waals surface area contributed by atoms with Crippen LogP contribution in [0.25, 0.3) is 0 Å². The van der Waals surface area contributed by atoms with Gasteiger partial charge in [-0.25, -0.2) is 0 Å². The van der Waals surface area contributed by atoms with Crippen molar-refractivity contribution in [3.05, 3.63) is 30.1 Å². The molecule has 0 aliphatic rings. The molecule has 0 amide bonds. The maximum absolute atomic E-state index is 4.22. The molecule has 1 aromatic rings. The van der Waals surface area contributed by atoms with Gasteiger partial charge in [0, 0.05) is 11.9 Å². The summed E-state index contributed by atoms with van der Waals surface area (Å²) in [5, 5.41) is 3.11. The van der Waals surface area contributed by atoms with E-state index < -0.39 is 0 Å². The lowest BCUT2D eigenvalue weighted by Gasteiger charge is -1.98. The highest BCUT2D eigenvalue weighted by atomic mass is 14.8. The maximum Gasteiger partial charge on any atom is 0.0404 e. The summed E-state index contributed by atoms with van der Waals surface area (Å²) >= 11 is 0. The van der Waals surface area contributed by atoms with Gasteiger partial charge in [-0.15, -0.1) is 0 Å². The van der Waals surface area contributed by atoms with Crippen molar-refractivity contribution in [2.75, 3.05) is 13.6 Å². The standard InChI is InChI=1S/C9H14N2/c1-10-7-4-6-9-5-2-3-8-11-9/h2-3,5,8,10H,4,6-7H2,1H3. The highest BCUT2D eigenvalue weighted by Gasteiger charge is 1.90. The quantitative estimate of drug-likeness (QED) is 0.653. The molecule has 1 rings (SSSR count). The summed E-state index contributed by atoms with van der Waals surface area (Å²) in [6.45, 7) is 1.07. The summed E-state index contributed by atoms with van der Waals surface area (Å²) in [4.78, 5) is 4.22. The highest BCUT2D eigenvalue weighted by molar-refractivity contribution is 5.03. The van der Waals surface area contributed by atoms with Crippen LogP contribution in [0, 0.1) is 0 Å². The predicted molar refractivity (Wildman–Crippen MR) is 46.5 cm³/mol. The van der Waals surface area contributed by atoms with Crippen LogP contribution >= 0.6 is 0 Å². The monoisotopic (exact) mass is 150 g/mol. The largest absolute Gasteiger partial charge is 0.320 e. The molecule has 11 heavy (non-hydrogen) atoms. The van der Waals surface area contributed by atoms with Gasteiger partial charge in [0.1, 0.15) is 0 Å². The van der Waals surface area contributed by atoms with Crippen molar-refractivity contribution in [2.45, 2.75) is 12.8 Å². The van der Waals surface area contributed by atoms with E-state index in [-0.39, 0.29) is 0 Å². The fourth-order valence-corrected chi connectivity index (χ4v) is 0.992. The molecule has 0 aromatic carbocycles. The Balaban J connectivity index is 2.28. The van der Waals surface area contributed by atoms with E-state index in [1.807, 2.05) is 25.4 Å². The number of aryl methyl sites for hydroxylation is 1. The van der Waals surface area contributed by atoms with Crippen LogP contribution in [-0.4, -0.2) is 18.6 Å². The zero-order valence-electron chi connectivity index (χ0n) is 6.88. The Morgan fingerprint density at radius 2 is 2.36 bits per heavy atom.